The van der Waals surface area contributed by atoms with E-state index in [9.17, 15) is 0 Å². The van der Waals surface area contributed by atoms with E-state index in [1.54, 1.807) is 9.91 Å². The lowest BCUT2D eigenvalue weighted by atomic mass is 10.3. The average molecular weight is 245 g/mol. The second-order valence-corrected chi connectivity index (χ2v) is 4.25. The maximum Gasteiger partial charge on any atom is 0.392 e. The van der Waals surface area contributed by atoms with Crippen molar-refractivity contribution in [2.75, 3.05) is 38.5 Å². The standard InChI is InChI=1S/C12H17N6/c1-16(2)11-7-5-10(6-8-11)14-15-12-17(3)9-13-18(12)4/h5-8,14H,1-4H3/q+1/b15-12+. The van der Waals surface area contributed by atoms with Crippen LogP contribution in [0.4, 0.5) is 11.4 Å². The van der Waals surface area contributed by atoms with Gasteiger partial charge >= 0.3 is 12.3 Å². The lowest BCUT2D eigenvalue weighted by Gasteiger charge is -2.12. The molecule has 0 saturated heterocycles. The van der Waals surface area contributed by atoms with E-state index < -0.39 is 0 Å². The third kappa shape index (κ3) is 2.49. The molecule has 1 aromatic carbocycles. The number of hydrazone groups is 2. The van der Waals surface area contributed by atoms with Crippen LogP contribution in [0.1, 0.15) is 0 Å². The van der Waals surface area contributed by atoms with Gasteiger partial charge in [0.1, 0.15) is 0 Å². The third-order valence-corrected chi connectivity index (χ3v) is 2.60. The monoisotopic (exact) mass is 245 g/mol. The van der Waals surface area contributed by atoms with E-state index in [1.807, 2.05) is 52.5 Å². The number of anilines is 2. The SMILES string of the molecule is CN1[C+]=NN(C)/C1=N/Nc1ccc(N(C)C)cc1. The summed E-state index contributed by atoms with van der Waals surface area (Å²) in [4.78, 5) is 3.78. The number of nitrogens with zero attached hydrogens (tertiary/aromatic N) is 5. The van der Waals surface area contributed by atoms with E-state index in [-0.39, 0.29) is 0 Å². The molecule has 0 aromatic heterocycles. The topological polar surface area (TPSA) is 46.5 Å². The molecular weight excluding hydrogens is 228 g/mol. The molecule has 0 radical (unpaired) electrons. The van der Waals surface area contributed by atoms with Gasteiger partial charge in [-0.15, -0.1) is 5.01 Å². The van der Waals surface area contributed by atoms with E-state index in [0.717, 1.165) is 11.4 Å². The zero-order valence-electron chi connectivity index (χ0n) is 11.0. The summed E-state index contributed by atoms with van der Waals surface area (Å²) in [6.45, 7) is 0. The molecule has 0 unspecified atom stereocenters. The van der Waals surface area contributed by atoms with Crippen LogP contribution in [-0.4, -0.2) is 50.4 Å². The zero-order valence-corrected chi connectivity index (χ0v) is 11.0. The molecule has 0 bridgehead atoms. The summed E-state index contributed by atoms with van der Waals surface area (Å²) >= 11 is 0. The van der Waals surface area contributed by atoms with Crippen LogP contribution in [0.3, 0.4) is 0 Å². The molecule has 1 aliphatic heterocycles. The molecule has 0 saturated carbocycles. The number of benzene rings is 1. The average Bonchev–Trinajstić information content (AvgIpc) is 2.67. The largest absolute Gasteiger partial charge is 0.392 e. The zero-order chi connectivity index (χ0) is 13.1. The number of nitrogens with one attached hydrogen (secondary N) is 1. The van der Waals surface area contributed by atoms with Gasteiger partial charge in [-0.2, -0.15) is 0 Å². The number of hydrogen-bond acceptors (Lipinski definition) is 4. The predicted octanol–water partition coefficient (Wildman–Crippen LogP) is 1.13. The number of guanidine groups is 1. The van der Waals surface area contributed by atoms with Gasteiger partial charge in [0.05, 0.1) is 19.8 Å². The van der Waals surface area contributed by atoms with E-state index in [0.29, 0.717) is 5.96 Å². The molecule has 0 fully saturated rings. The van der Waals surface area contributed by atoms with Crippen LogP contribution in [-0.2, 0) is 0 Å². The molecule has 6 nitrogen and oxygen atoms in total. The van der Waals surface area contributed by atoms with Crippen molar-refractivity contribution in [3.63, 3.8) is 0 Å². The van der Waals surface area contributed by atoms with Gasteiger partial charge in [-0.3, -0.25) is 5.43 Å². The van der Waals surface area contributed by atoms with Gasteiger partial charge in [0.25, 0.3) is 0 Å². The Morgan fingerprint density at radius 1 is 1.22 bits per heavy atom. The minimum absolute atomic E-state index is 0.701. The van der Waals surface area contributed by atoms with Gasteiger partial charge in [0, 0.05) is 24.9 Å². The molecule has 0 atom stereocenters. The van der Waals surface area contributed by atoms with Gasteiger partial charge in [0.2, 0.25) is 0 Å². The second-order valence-electron chi connectivity index (χ2n) is 4.25. The Hall–Kier alpha value is -2.33. The van der Waals surface area contributed by atoms with Crippen molar-refractivity contribution >= 4 is 23.7 Å². The molecule has 0 aliphatic carbocycles. The highest BCUT2D eigenvalue weighted by atomic mass is 15.6. The fourth-order valence-corrected chi connectivity index (χ4v) is 1.54. The van der Waals surface area contributed by atoms with Crippen molar-refractivity contribution in [2.45, 2.75) is 0 Å². The van der Waals surface area contributed by atoms with Gasteiger partial charge in [-0.1, -0.05) is 4.90 Å². The van der Waals surface area contributed by atoms with Gasteiger partial charge < -0.3 is 4.90 Å². The Morgan fingerprint density at radius 3 is 2.39 bits per heavy atom. The van der Waals surface area contributed by atoms with Gasteiger partial charge in [0.15, 0.2) is 0 Å². The first-order chi connectivity index (χ1) is 8.58. The van der Waals surface area contributed by atoms with Crippen molar-refractivity contribution < 1.29 is 0 Å². The molecule has 18 heavy (non-hydrogen) atoms. The Kier molecular flexibility index (Phi) is 3.30. The summed E-state index contributed by atoms with van der Waals surface area (Å²) in [7, 11) is 7.70. The quantitative estimate of drug-likeness (QED) is 0.640. The maximum absolute atomic E-state index is 4.28. The second kappa shape index (κ2) is 4.89. The van der Waals surface area contributed by atoms with E-state index in [4.69, 9.17) is 0 Å². The van der Waals surface area contributed by atoms with Crippen molar-refractivity contribution in [2.24, 2.45) is 10.2 Å². The van der Waals surface area contributed by atoms with Gasteiger partial charge in [-0.05, 0) is 29.4 Å². The smallest absolute Gasteiger partial charge is 0.378 e. The molecule has 0 spiro atoms. The molecule has 1 N–H and O–H groups in total. The lowest BCUT2D eigenvalue weighted by Crippen LogP contribution is -2.30. The molecular formula is C12H17N6+. The van der Waals surface area contributed by atoms with Crippen molar-refractivity contribution in [3.8, 4) is 0 Å². The van der Waals surface area contributed by atoms with Crippen LogP contribution in [0.15, 0.2) is 34.5 Å². The normalized spacial score (nSPS) is 16.1. The molecule has 2 rings (SSSR count). The van der Waals surface area contributed by atoms with Crippen molar-refractivity contribution in [3.05, 3.63) is 24.3 Å². The first-order valence-electron chi connectivity index (χ1n) is 5.63. The lowest BCUT2D eigenvalue weighted by molar-refractivity contribution is 0.528. The highest BCUT2D eigenvalue weighted by Crippen LogP contribution is 2.15. The maximum atomic E-state index is 4.28. The number of rotatable bonds is 3. The van der Waals surface area contributed by atoms with Crippen LogP contribution in [0.25, 0.3) is 0 Å². The van der Waals surface area contributed by atoms with E-state index in [1.165, 1.54) is 0 Å². The Labute approximate surface area is 107 Å². The Bertz CT molecular complexity index is 448. The summed E-state index contributed by atoms with van der Waals surface area (Å²) in [5, 5.41) is 9.91. The van der Waals surface area contributed by atoms with Crippen LogP contribution < -0.4 is 10.3 Å². The summed E-state index contributed by atoms with van der Waals surface area (Å²) in [5.41, 5.74) is 5.08. The van der Waals surface area contributed by atoms with Crippen LogP contribution in [0.5, 0.6) is 0 Å². The van der Waals surface area contributed by atoms with E-state index >= 15 is 0 Å². The third-order valence-electron chi connectivity index (χ3n) is 2.60. The molecule has 1 aliphatic rings. The minimum atomic E-state index is 0.701. The first-order valence-corrected chi connectivity index (χ1v) is 5.63. The molecule has 1 heterocycles. The highest BCUT2D eigenvalue weighted by molar-refractivity contribution is 5.93. The summed E-state index contributed by atoms with van der Waals surface area (Å²) < 4.78 is 0. The summed E-state index contributed by atoms with van der Waals surface area (Å²) in [6, 6.07) is 8.04. The van der Waals surface area contributed by atoms with Crippen molar-refractivity contribution in [1.29, 1.82) is 0 Å². The number of hydrogen-bond donors (Lipinski definition) is 1. The highest BCUT2D eigenvalue weighted by Gasteiger charge is 2.30. The first kappa shape index (κ1) is 12.1. The Morgan fingerprint density at radius 2 is 1.89 bits per heavy atom. The fourth-order valence-electron chi connectivity index (χ4n) is 1.54. The molecule has 1 aromatic rings. The van der Waals surface area contributed by atoms with E-state index in [2.05, 4.69) is 26.9 Å². The van der Waals surface area contributed by atoms with Crippen LogP contribution >= 0.6 is 0 Å². The molecule has 94 valence electrons. The predicted molar refractivity (Wildman–Crippen MR) is 74.8 cm³/mol. The van der Waals surface area contributed by atoms with Gasteiger partial charge in [-0.25, -0.2) is 0 Å². The molecule has 0 amide bonds. The Balaban J connectivity index is 2.04. The van der Waals surface area contributed by atoms with Crippen LogP contribution in [0, 0.1) is 0 Å². The van der Waals surface area contributed by atoms with Crippen LogP contribution in [0.2, 0.25) is 0 Å². The minimum Gasteiger partial charge on any atom is -0.378 e. The summed E-state index contributed by atoms with van der Waals surface area (Å²) in [5.74, 6) is 0.701. The summed E-state index contributed by atoms with van der Waals surface area (Å²) in [6.07, 6.45) is 2.79. The molecule has 6 heteroatoms. The van der Waals surface area contributed by atoms with Crippen molar-refractivity contribution in [1.82, 2.24) is 9.91 Å². The fraction of sp³-hybridized carbons (Fsp3) is 0.333.